The van der Waals surface area contributed by atoms with Crippen LogP contribution in [0.2, 0.25) is 0 Å². The van der Waals surface area contributed by atoms with Crippen LogP contribution < -0.4 is 5.73 Å². The Morgan fingerprint density at radius 3 is 2.13 bits per heavy atom. The molecule has 2 aromatic rings. The Kier molecular flexibility index (Phi) is 5.67. The van der Waals surface area contributed by atoms with Gasteiger partial charge in [0.1, 0.15) is 6.61 Å². The van der Waals surface area contributed by atoms with Crippen molar-refractivity contribution in [3.63, 3.8) is 0 Å². The van der Waals surface area contributed by atoms with E-state index in [2.05, 4.69) is 0 Å². The second-order valence-corrected chi connectivity index (χ2v) is 6.58. The Morgan fingerprint density at radius 1 is 1.00 bits per heavy atom. The molecule has 0 heterocycles. The van der Waals surface area contributed by atoms with E-state index in [-0.39, 0.29) is 18.0 Å². The molecule has 0 aliphatic rings. The Labute approximate surface area is 135 Å². The summed E-state index contributed by atoms with van der Waals surface area (Å²) in [6.07, 6.45) is 1.31. The van der Waals surface area contributed by atoms with E-state index in [0.29, 0.717) is 5.56 Å². The van der Waals surface area contributed by atoms with Crippen LogP contribution in [0.5, 0.6) is 0 Å². The normalized spacial score (nSPS) is 12.0. The number of benzene rings is 2. The maximum absolute atomic E-state index is 12.7. The van der Waals surface area contributed by atoms with Crippen molar-refractivity contribution < 1.29 is 17.9 Å². The van der Waals surface area contributed by atoms with Gasteiger partial charge < -0.3 is 10.5 Å². The lowest BCUT2D eigenvalue weighted by Crippen LogP contribution is -2.20. The quantitative estimate of drug-likeness (QED) is 0.646. The smallest absolute Gasteiger partial charge is 0.350 e. The first-order valence-electron chi connectivity index (χ1n) is 7.00. The number of carbonyl (C=O) groups is 1. The van der Waals surface area contributed by atoms with Crippen LogP contribution in [0.4, 0.5) is 0 Å². The van der Waals surface area contributed by atoms with Gasteiger partial charge in [-0.3, -0.25) is 0 Å². The number of carbonyl (C=O) groups excluding carboxylic acids is 1. The monoisotopic (exact) mass is 331 g/mol. The predicted octanol–water partition coefficient (Wildman–Crippen LogP) is 2.00. The van der Waals surface area contributed by atoms with Gasteiger partial charge in [-0.15, -0.1) is 0 Å². The topological polar surface area (TPSA) is 86.5 Å². The SMILES string of the molecule is NCCOC(=O)/C(=C/c1ccccc1)S(=O)(=O)c1ccccc1. The van der Waals surface area contributed by atoms with E-state index in [9.17, 15) is 13.2 Å². The van der Waals surface area contributed by atoms with Crippen molar-refractivity contribution in [3.8, 4) is 0 Å². The molecule has 0 saturated heterocycles. The van der Waals surface area contributed by atoms with Crippen LogP contribution in [0.3, 0.4) is 0 Å². The lowest BCUT2D eigenvalue weighted by atomic mass is 10.2. The van der Waals surface area contributed by atoms with Crippen molar-refractivity contribution in [2.45, 2.75) is 4.90 Å². The molecule has 2 rings (SSSR count). The number of hydrogen-bond donors (Lipinski definition) is 1. The first-order valence-corrected chi connectivity index (χ1v) is 8.48. The Balaban J connectivity index is 2.50. The molecule has 0 aliphatic heterocycles. The van der Waals surface area contributed by atoms with Crippen LogP contribution in [0.25, 0.3) is 6.08 Å². The number of nitrogens with two attached hydrogens (primary N) is 1. The van der Waals surface area contributed by atoms with Crippen LogP contribution in [0.1, 0.15) is 5.56 Å². The van der Waals surface area contributed by atoms with Crippen LogP contribution in [-0.2, 0) is 19.4 Å². The summed E-state index contributed by atoms with van der Waals surface area (Å²) in [6.45, 7) is 0.0744. The molecule has 0 amide bonds. The van der Waals surface area contributed by atoms with Gasteiger partial charge in [0.15, 0.2) is 4.91 Å². The third-order valence-corrected chi connectivity index (χ3v) is 4.75. The van der Waals surface area contributed by atoms with E-state index >= 15 is 0 Å². The van der Waals surface area contributed by atoms with Gasteiger partial charge in [0.05, 0.1) is 4.90 Å². The minimum absolute atomic E-state index is 0.0341. The molecule has 120 valence electrons. The van der Waals surface area contributed by atoms with Gasteiger partial charge in [-0.05, 0) is 23.8 Å². The van der Waals surface area contributed by atoms with Crippen LogP contribution in [-0.4, -0.2) is 27.5 Å². The molecule has 0 spiro atoms. The average molecular weight is 331 g/mol. The van der Waals surface area contributed by atoms with E-state index in [1.807, 2.05) is 0 Å². The zero-order chi connectivity index (χ0) is 16.7. The third-order valence-electron chi connectivity index (χ3n) is 2.99. The van der Waals surface area contributed by atoms with Crippen molar-refractivity contribution in [1.29, 1.82) is 0 Å². The van der Waals surface area contributed by atoms with Crippen molar-refractivity contribution >= 4 is 21.9 Å². The minimum atomic E-state index is -3.98. The molecule has 23 heavy (non-hydrogen) atoms. The molecule has 0 unspecified atom stereocenters. The summed E-state index contributed by atoms with van der Waals surface area (Å²) in [4.78, 5) is 11.8. The highest BCUT2D eigenvalue weighted by atomic mass is 32.2. The fraction of sp³-hybridized carbons (Fsp3) is 0.118. The molecule has 0 aliphatic carbocycles. The third kappa shape index (κ3) is 4.28. The van der Waals surface area contributed by atoms with E-state index in [1.165, 1.54) is 18.2 Å². The Bertz CT molecular complexity index is 784. The first-order chi connectivity index (χ1) is 11.1. The molecule has 0 radical (unpaired) electrons. The summed E-state index contributed by atoms with van der Waals surface area (Å²) in [5, 5.41) is 0. The predicted molar refractivity (Wildman–Crippen MR) is 88.1 cm³/mol. The molecular weight excluding hydrogens is 314 g/mol. The van der Waals surface area contributed by atoms with Crippen molar-refractivity contribution in [2.75, 3.05) is 13.2 Å². The van der Waals surface area contributed by atoms with Crippen LogP contribution in [0.15, 0.2) is 70.5 Å². The molecule has 0 bridgehead atoms. The van der Waals surface area contributed by atoms with Gasteiger partial charge in [-0.25, -0.2) is 13.2 Å². The summed E-state index contributed by atoms with van der Waals surface area (Å²) in [7, 11) is -3.98. The second kappa shape index (κ2) is 7.71. The minimum Gasteiger partial charge on any atom is -0.460 e. The fourth-order valence-corrected chi connectivity index (χ4v) is 3.24. The Morgan fingerprint density at radius 2 is 1.57 bits per heavy atom. The van der Waals surface area contributed by atoms with Gasteiger partial charge in [0.25, 0.3) is 0 Å². The summed E-state index contributed by atoms with van der Waals surface area (Å²) < 4.78 is 30.4. The van der Waals surface area contributed by atoms with Gasteiger partial charge in [0.2, 0.25) is 9.84 Å². The van der Waals surface area contributed by atoms with Gasteiger partial charge in [-0.2, -0.15) is 0 Å². The first kappa shape index (κ1) is 16.9. The molecule has 0 fully saturated rings. The number of sulfone groups is 1. The lowest BCUT2D eigenvalue weighted by Gasteiger charge is -2.09. The lowest BCUT2D eigenvalue weighted by molar-refractivity contribution is -0.137. The molecule has 0 aromatic heterocycles. The Hall–Kier alpha value is -2.44. The van der Waals surface area contributed by atoms with Gasteiger partial charge in [-0.1, -0.05) is 48.5 Å². The van der Waals surface area contributed by atoms with Gasteiger partial charge in [0, 0.05) is 6.54 Å². The van der Waals surface area contributed by atoms with E-state index in [4.69, 9.17) is 10.5 Å². The number of esters is 1. The van der Waals surface area contributed by atoms with Crippen molar-refractivity contribution in [1.82, 2.24) is 0 Å². The molecular formula is C17H17NO4S. The molecule has 0 atom stereocenters. The average Bonchev–Trinajstić information content (AvgIpc) is 2.59. The van der Waals surface area contributed by atoms with Crippen molar-refractivity contribution in [2.24, 2.45) is 5.73 Å². The number of rotatable bonds is 6. The van der Waals surface area contributed by atoms with E-state index in [1.54, 1.807) is 48.5 Å². The highest BCUT2D eigenvalue weighted by Crippen LogP contribution is 2.22. The van der Waals surface area contributed by atoms with Gasteiger partial charge >= 0.3 is 5.97 Å². The number of hydrogen-bond acceptors (Lipinski definition) is 5. The summed E-state index contributed by atoms with van der Waals surface area (Å²) in [5.74, 6) is -0.914. The summed E-state index contributed by atoms with van der Waals surface area (Å²) in [5.41, 5.74) is 5.89. The standard InChI is InChI=1S/C17H17NO4S/c18-11-12-22-17(19)16(13-14-7-3-1-4-8-14)23(20,21)15-9-5-2-6-10-15/h1-10,13H,11-12,18H2/b16-13-. The molecule has 6 heteroatoms. The van der Waals surface area contributed by atoms with Crippen LogP contribution >= 0.6 is 0 Å². The highest BCUT2D eigenvalue weighted by molar-refractivity contribution is 7.96. The molecule has 2 aromatic carbocycles. The summed E-state index contributed by atoms with van der Waals surface area (Å²) in [6, 6.07) is 16.5. The molecule has 5 nitrogen and oxygen atoms in total. The largest absolute Gasteiger partial charge is 0.460 e. The zero-order valence-electron chi connectivity index (χ0n) is 12.4. The fourth-order valence-electron chi connectivity index (χ4n) is 1.90. The number of ether oxygens (including phenoxy) is 1. The summed E-state index contributed by atoms with van der Waals surface area (Å²) >= 11 is 0. The van der Waals surface area contributed by atoms with Crippen LogP contribution in [0, 0.1) is 0 Å². The van der Waals surface area contributed by atoms with E-state index < -0.39 is 20.7 Å². The maximum Gasteiger partial charge on any atom is 0.350 e. The molecule has 0 saturated carbocycles. The van der Waals surface area contributed by atoms with E-state index in [0.717, 1.165) is 0 Å². The van der Waals surface area contributed by atoms with Crippen molar-refractivity contribution in [3.05, 3.63) is 71.1 Å². The molecule has 2 N–H and O–H groups in total. The maximum atomic E-state index is 12.7. The second-order valence-electron chi connectivity index (χ2n) is 4.66. The zero-order valence-corrected chi connectivity index (χ0v) is 13.2. The highest BCUT2D eigenvalue weighted by Gasteiger charge is 2.28.